The van der Waals surface area contributed by atoms with E-state index in [1.165, 1.54) is 27.4 Å². The number of aromatic amines is 1. The Bertz CT molecular complexity index is 1360. The van der Waals surface area contributed by atoms with E-state index in [0.717, 1.165) is 41.1 Å². The van der Waals surface area contributed by atoms with Crippen LogP contribution in [0.25, 0.3) is 10.2 Å². The largest absolute Gasteiger partial charge is 0.309 e. The second kappa shape index (κ2) is 8.57. The fourth-order valence-corrected chi connectivity index (χ4v) is 7.74. The minimum absolute atomic E-state index is 0.0883. The van der Waals surface area contributed by atoms with Crippen molar-refractivity contribution in [3.8, 4) is 0 Å². The summed E-state index contributed by atoms with van der Waals surface area (Å²) in [4.78, 5) is 24.6. The van der Waals surface area contributed by atoms with Crippen molar-refractivity contribution in [2.24, 2.45) is 5.92 Å². The van der Waals surface area contributed by atoms with Crippen molar-refractivity contribution >= 4 is 31.6 Å². The SMILES string of the molecule is C[C@@H]1CCc2c(sc3nc([C@@H](C)N4CCN(S(=O)(=O)c5ccccc5F)CC4)[nH]c(=O)c23)C1. The van der Waals surface area contributed by atoms with E-state index in [4.69, 9.17) is 4.98 Å². The summed E-state index contributed by atoms with van der Waals surface area (Å²) in [5, 5.41) is 0.735. The Morgan fingerprint density at radius 1 is 1.21 bits per heavy atom. The number of nitrogens with one attached hydrogen (secondary N) is 1. The van der Waals surface area contributed by atoms with Crippen molar-refractivity contribution in [2.45, 2.75) is 44.0 Å². The first-order valence-corrected chi connectivity index (χ1v) is 13.5. The predicted octanol–water partition coefficient (Wildman–Crippen LogP) is 3.32. The van der Waals surface area contributed by atoms with E-state index in [0.29, 0.717) is 24.8 Å². The maximum Gasteiger partial charge on any atom is 0.259 e. The normalized spacial score (nSPS) is 21.2. The molecule has 7 nitrogen and oxygen atoms in total. The number of fused-ring (bicyclic) bond motifs is 3. The van der Waals surface area contributed by atoms with E-state index < -0.39 is 15.8 Å². The standard InChI is InChI=1S/C23H27FN4O3S2/c1-14-7-8-16-18(13-14)32-23-20(16)22(29)25-21(26-23)15(2)27-9-11-28(12-10-27)33(30,31)19-6-4-3-5-17(19)24/h3-6,14-15H,7-13H2,1-2H3,(H,25,26,29)/t14-,15-/m1/s1. The summed E-state index contributed by atoms with van der Waals surface area (Å²) in [6.07, 6.45) is 3.02. The van der Waals surface area contributed by atoms with E-state index in [2.05, 4.69) is 16.8 Å². The van der Waals surface area contributed by atoms with Gasteiger partial charge in [0, 0.05) is 31.1 Å². The van der Waals surface area contributed by atoms with Crippen molar-refractivity contribution in [1.29, 1.82) is 0 Å². The van der Waals surface area contributed by atoms with Crippen LogP contribution in [-0.4, -0.2) is 53.8 Å². The van der Waals surface area contributed by atoms with Crippen LogP contribution < -0.4 is 5.56 Å². The molecule has 1 aliphatic carbocycles. The molecule has 0 spiro atoms. The number of aryl methyl sites for hydroxylation is 1. The number of nitrogens with zero attached hydrogens (tertiary/aromatic N) is 3. The van der Waals surface area contributed by atoms with Gasteiger partial charge in [0.05, 0.1) is 11.4 Å². The number of hydrogen-bond acceptors (Lipinski definition) is 6. The Morgan fingerprint density at radius 3 is 2.67 bits per heavy atom. The molecule has 2 atom stereocenters. The highest BCUT2D eigenvalue weighted by molar-refractivity contribution is 7.89. The van der Waals surface area contributed by atoms with Gasteiger partial charge < -0.3 is 4.98 Å². The molecule has 5 rings (SSSR count). The summed E-state index contributed by atoms with van der Waals surface area (Å²) in [6, 6.07) is 5.29. The quantitative estimate of drug-likeness (QED) is 0.606. The number of halogens is 1. The molecular formula is C23H27FN4O3S2. The zero-order chi connectivity index (χ0) is 23.3. The summed E-state index contributed by atoms with van der Waals surface area (Å²) < 4.78 is 41.2. The van der Waals surface area contributed by atoms with Crippen molar-refractivity contribution < 1.29 is 12.8 Å². The van der Waals surface area contributed by atoms with Crippen molar-refractivity contribution in [1.82, 2.24) is 19.2 Å². The van der Waals surface area contributed by atoms with Crippen LogP contribution in [-0.2, 0) is 22.9 Å². The Balaban J connectivity index is 1.35. The Morgan fingerprint density at radius 2 is 1.94 bits per heavy atom. The number of hydrogen-bond donors (Lipinski definition) is 1. The van der Waals surface area contributed by atoms with Gasteiger partial charge in [-0.3, -0.25) is 9.69 Å². The monoisotopic (exact) mass is 490 g/mol. The second-order valence-electron chi connectivity index (χ2n) is 9.03. The first-order chi connectivity index (χ1) is 15.8. The minimum atomic E-state index is -3.89. The Labute approximate surface area is 196 Å². The number of H-pyrrole nitrogens is 1. The number of piperazine rings is 1. The van der Waals surface area contributed by atoms with Gasteiger partial charge in [0.15, 0.2) is 0 Å². The smallest absolute Gasteiger partial charge is 0.259 e. The molecule has 33 heavy (non-hydrogen) atoms. The molecule has 1 N–H and O–H groups in total. The van der Waals surface area contributed by atoms with Crippen molar-refractivity contribution in [3.63, 3.8) is 0 Å². The fourth-order valence-electron chi connectivity index (χ4n) is 4.86. The van der Waals surface area contributed by atoms with Gasteiger partial charge in [-0.2, -0.15) is 4.31 Å². The fraction of sp³-hybridized carbons (Fsp3) is 0.478. The Hall–Kier alpha value is -2.14. The maximum atomic E-state index is 14.1. The molecule has 0 radical (unpaired) electrons. The molecule has 2 aliphatic rings. The molecule has 1 aliphatic heterocycles. The highest BCUT2D eigenvalue weighted by Gasteiger charge is 2.33. The lowest BCUT2D eigenvalue weighted by molar-refractivity contribution is 0.141. The van der Waals surface area contributed by atoms with Gasteiger partial charge in [0.1, 0.15) is 21.4 Å². The zero-order valence-electron chi connectivity index (χ0n) is 18.7. The molecule has 0 saturated carbocycles. The first kappa shape index (κ1) is 22.6. The molecule has 10 heteroatoms. The second-order valence-corrected chi connectivity index (χ2v) is 12.0. The maximum absolute atomic E-state index is 14.1. The summed E-state index contributed by atoms with van der Waals surface area (Å²) in [7, 11) is -3.89. The lowest BCUT2D eigenvalue weighted by atomic mass is 9.89. The van der Waals surface area contributed by atoms with E-state index in [1.54, 1.807) is 11.3 Å². The van der Waals surface area contributed by atoms with Gasteiger partial charge in [-0.05, 0) is 49.8 Å². The summed E-state index contributed by atoms with van der Waals surface area (Å²) in [6.45, 7) is 5.65. The zero-order valence-corrected chi connectivity index (χ0v) is 20.3. The van der Waals surface area contributed by atoms with E-state index in [9.17, 15) is 17.6 Å². The number of aromatic nitrogens is 2. The molecule has 2 aromatic heterocycles. The number of sulfonamides is 1. The number of benzene rings is 1. The lowest BCUT2D eigenvalue weighted by Crippen LogP contribution is -2.49. The summed E-state index contributed by atoms with van der Waals surface area (Å²) in [5.74, 6) is 0.487. The average molecular weight is 491 g/mol. The molecule has 1 saturated heterocycles. The van der Waals surface area contributed by atoms with Gasteiger partial charge in [-0.15, -0.1) is 11.3 Å². The van der Waals surface area contributed by atoms with Crippen LogP contribution in [0.5, 0.6) is 0 Å². The molecule has 0 bridgehead atoms. The van der Waals surface area contributed by atoms with Gasteiger partial charge in [0.2, 0.25) is 10.0 Å². The number of thiophene rings is 1. The molecule has 0 unspecified atom stereocenters. The summed E-state index contributed by atoms with van der Waals surface area (Å²) in [5.41, 5.74) is 1.07. The molecule has 3 heterocycles. The van der Waals surface area contributed by atoms with Gasteiger partial charge in [0.25, 0.3) is 5.56 Å². The van der Waals surface area contributed by atoms with E-state index >= 15 is 0 Å². The van der Waals surface area contributed by atoms with Crippen LogP contribution >= 0.6 is 11.3 Å². The van der Waals surface area contributed by atoms with Crippen LogP contribution in [0.1, 0.15) is 42.6 Å². The van der Waals surface area contributed by atoms with Crippen molar-refractivity contribution in [3.05, 3.63) is 56.7 Å². The predicted molar refractivity (Wildman–Crippen MR) is 127 cm³/mol. The third kappa shape index (κ3) is 4.03. The first-order valence-electron chi connectivity index (χ1n) is 11.3. The third-order valence-electron chi connectivity index (χ3n) is 6.85. The Kier molecular flexibility index (Phi) is 5.88. The highest BCUT2D eigenvalue weighted by atomic mass is 32.2. The van der Waals surface area contributed by atoms with Gasteiger partial charge >= 0.3 is 0 Å². The van der Waals surface area contributed by atoms with E-state index in [1.807, 2.05) is 6.92 Å². The van der Waals surface area contributed by atoms with Crippen LogP contribution in [0.3, 0.4) is 0 Å². The molecule has 1 fully saturated rings. The molecule has 1 aromatic carbocycles. The number of rotatable bonds is 4. The highest BCUT2D eigenvalue weighted by Crippen LogP contribution is 2.36. The minimum Gasteiger partial charge on any atom is -0.309 e. The van der Waals surface area contributed by atoms with Crippen LogP contribution in [0, 0.1) is 11.7 Å². The van der Waals surface area contributed by atoms with Crippen LogP contribution in [0.4, 0.5) is 4.39 Å². The summed E-state index contributed by atoms with van der Waals surface area (Å²) >= 11 is 1.63. The van der Waals surface area contributed by atoms with Crippen LogP contribution in [0.15, 0.2) is 34.0 Å². The molecular weight excluding hydrogens is 463 g/mol. The average Bonchev–Trinajstić information content (AvgIpc) is 3.16. The molecule has 3 aromatic rings. The lowest BCUT2D eigenvalue weighted by Gasteiger charge is -2.36. The molecule has 176 valence electrons. The van der Waals surface area contributed by atoms with Gasteiger partial charge in [-0.1, -0.05) is 19.1 Å². The topological polar surface area (TPSA) is 86.4 Å². The van der Waals surface area contributed by atoms with E-state index in [-0.39, 0.29) is 29.6 Å². The molecule has 0 amide bonds. The van der Waals surface area contributed by atoms with Crippen molar-refractivity contribution in [2.75, 3.05) is 26.2 Å². The van der Waals surface area contributed by atoms with Crippen LogP contribution in [0.2, 0.25) is 0 Å². The van der Waals surface area contributed by atoms with Gasteiger partial charge in [-0.25, -0.2) is 17.8 Å². The third-order valence-corrected chi connectivity index (χ3v) is 9.94.